The van der Waals surface area contributed by atoms with Gasteiger partial charge < -0.3 is 14.9 Å². The molecule has 0 aromatic heterocycles. The molecule has 0 spiro atoms. The Morgan fingerprint density at radius 2 is 1.88 bits per heavy atom. The molecule has 0 radical (unpaired) electrons. The molecule has 2 N–H and O–H groups in total. The van der Waals surface area contributed by atoms with Crippen molar-refractivity contribution >= 4 is 5.97 Å². The summed E-state index contributed by atoms with van der Waals surface area (Å²) in [6.45, 7) is 2.21. The summed E-state index contributed by atoms with van der Waals surface area (Å²) >= 11 is 0. The zero-order valence-corrected chi connectivity index (χ0v) is 14.8. The highest BCUT2D eigenvalue weighted by atomic mass is 16.6. The highest BCUT2D eigenvalue weighted by Gasteiger charge is 2.34. The van der Waals surface area contributed by atoms with Crippen molar-refractivity contribution in [3.63, 3.8) is 0 Å². The third-order valence-corrected chi connectivity index (χ3v) is 3.96. The molecule has 24 heavy (non-hydrogen) atoms. The van der Waals surface area contributed by atoms with Crippen molar-refractivity contribution in [3.05, 3.63) is 36.5 Å². The molecule has 0 aliphatic carbocycles. The molecule has 0 bridgehead atoms. The van der Waals surface area contributed by atoms with E-state index in [1.165, 1.54) is 19.3 Å². The van der Waals surface area contributed by atoms with Crippen LogP contribution in [0.3, 0.4) is 0 Å². The van der Waals surface area contributed by atoms with Crippen LogP contribution in [0.15, 0.2) is 36.5 Å². The summed E-state index contributed by atoms with van der Waals surface area (Å²) in [4.78, 5) is 10.4. The number of hydrogen-bond acceptors (Lipinski definition) is 3. The molecular weight excluding hydrogens is 304 g/mol. The average Bonchev–Trinajstić information content (AvgIpc) is 3.30. The van der Waals surface area contributed by atoms with E-state index in [0.29, 0.717) is 12.8 Å². The molecule has 4 nitrogen and oxygen atoms in total. The average molecular weight is 336 g/mol. The lowest BCUT2D eigenvalue weighted by Gasteiger charge is -1.99. The van der Waals surface area contributed by atoms with Crippen molar-refractivity contribution in [2.45, 2.75) is 83.0 Å². The van der Waals surface area contributed by atoms with Gasteiger partial charge in [0.05, 0.1) is 12.2 Å². The van der Waals surface area contributed by atoms with Crippen LogP contribution >= 0.6 is 0 Å². The van der Waals surface area contributed by atoms with Gasteiger partial charge in [0, 0.05) is 6.42 Å². The van der Waals surface area contributed by atoms with Gasteiger partial charge in [-0.05, 0) is 38.5 Å². The summed E-state index contributed by atoms with van der Waals surface area (Å²) in [7, 11) is 0. The summed E-state index contributed by atoms with van der Waals surface area (Å²) < 4.78 is 5.55. The SMILES string of the molecule is CCCCC/C=C\C[C@H]1O[C@H]1/C=C/C(O)C/C=C\CCCC(=O)O. The maximum absolute atomic E-state index is 10.4. The van der Waals surface area contributed by atoms with Crippen LogP contribution in [0, 0.1) is 0 Å². The van der Waals surface area contributed by atoms with Crippen molar-refractivity contribution in [1.29, 1.82) is 0 Å². The summed E-state index contributed by atoms with van der Waals surface area (Å²) in [6.07, 6.45) is 19.9. The van der Waals surface area contributed by atoms with Crippen molar-refractivity contribution in [3.8, 4) is 0 Å². The van der Waals surface area contributed by atoms with E-state index in [9.17, 15) is 9.90 Å². The maximum Gasteiger partial charge on any atom is 0.303 e. The Hall–Kier alpha value is -1.39. The van der Waals surface area contributed by atoms with E-state index in [0.717, 1.165) is 19.3 Å². The van der Waals surface area contributed by atoms with Crippen molar-refractivity contribution in [2.24, 2.45) is 0 Å². The van der Waals surface area contributed by atoms with Crippen LogP contribution in [0.4, 0.5) is 0 Å². The van der Waals surface area contributed by atoms with Crippen LogP contribution < -0.4 is 0 Å². The maximum atomic E-state index is 10.4. The Bertz CT molecular complexity index is 425. The number of carboxylic acid groups (broad SMARTS) is 1. The quantitative estimate of drug-likeness (QED) is 0.280. The first-order chi connectivity index (χ1) is 11.6. The molecule has 1 unspecified atom stereocenters. The van der Waals surface area contributed by atoms with Crippen LogP contribution in [-0.4, -0.2) is 34.5 Å². The van der Waals surface area contributed by atoms with E-state index >= 15 is 0 Å². The summed E-state index contributed by atoms with van der Waals surface area (Å²) in [5.41, 5.74) is 0. The number of aliphatic hydroxyl groups excluding tert-OH is 1. The van der Waals surface area contributed by atoms with E-state index in [1.54, 1.807) is 6.08 Å². The molecule has 3 atom stereocenters. The number of unbranched alkanes of at least 4 members (excludes halogenated alkanes) is 4. The Kier molecular flexibility index (Phi) is 11.2. The minimum Gasteiger partial charge on any atom is -0.481 e. The van der Waals surface area contributed by atoms with Crippen LogP contribution in [-0.2, 0) is 9.53 Å². The second kappa shape index (κ2) is 13.0. The first-order valence-electron chi connectivity index (χ1n) is 9.17. The van der Waals surface area contributed by atoms with Gasteiger partial charge in [-0.2, -0.15) is 0 Å². The highest BCUT2D eigenvalue weighted by molar-refractivity contribution is 5.66. The number of allylic oxidation sites excluding steroid dienone is 2. The molecule has 0 amide bonds. The van der Waals surface area contributed by atoms with Gasteiger partial charge in [0.2, 0.25) is 0 Å². The molecule has 0 saturated carbocycles. The van der Waals surface area contributed by atoms with Crippen molar-refractivity contribution in [2.75, 3.05) is 0 Å². The molecule has 4 heteroatoms. The molecule has 1 rings (SSSR count). The van der Waals surface area contributed by atoms with Gasteiger partial charge >= 0.3 is 5.97 Å². The van der Waals surface area contributed by atoms with Crippen LogP contribution in [0.25, 0.3) is 0 Å². The van der Waals surface area contributed by atoms with Crippen LogP contribution in [0.2, 0.25) is 0 Å². The molecule has 1 aliphatic rings. The number of aliphatic carboxylic acids is 1. The first-order valence-corrected chi connectivity index (χ1v) is 9.17. The molecule has 1 saturated heterocycles. The number of ether oxygens (including phenoxy) is 1. The lowest BCUT2D eigenvalue weighted by molar-refractivity contribution is -0.137. The molecular formula is C20H32O4. The van der Waals surface area contributed by atoms with Gasteiger partial charge in [-0.3, -0.25) is 4.79 Å². The van der Waals surface area contributed by atoms with E-state index in [-0.39, 0.29) is 18.6 Å². The molecule has 1 aliphatic heterocycles. The summed E-state index contributed by atoms with van der Waals surface area (Å²) in [5, 5.41) is 18.4. The molecule has 0 aromatic rings. The monoisotopic (exact) mass is 336 g/mol. The van der Waals surface area contributed by atoms with E-state index in [2.05, 4.69) is 19.1 Å². The molecule has 0 aromatic carbocycles. The number of aliphatic hydroxyl groups is 1. The Morgan fingerprint density at radius 1 is 1.12 bits per heavy atom. The second-order valence-electron chi connectivity index (χ2n) is 6.29. The Morgan fingerprint density at radius 3 is 2.62 bits per heavy atom. The third kappa shape index (κ3) is 11.2. The van der Waals surface area contributed by atoms with E-state index < -0.39 is 12.1 Å². The van der Waals surface area contributed by atoms with Crippen LogP contribution in [0.5, 0.6) is 0 Å². The normalized spacial score (nSPS) is 21.9. The molecule has 1 fully saturated rings. The van der Waals surface area contributed by atoms with Gasteiger partial charge in [0.15, 0.2) is 0 Å². The van der Waals surface area contributed by atoms with Gasteiger partial charge in [-0.25, -0.2) is 0 Å². The van der Waals surface area contributed by atoms with Gasteiger partial charge in [-0.1, -0.05) is 56.2 Å². The predicted octanol–water partition coefficient (Wildman–Crippen LogP) is 4.40. The number of rotatable bonds is 14. The lowest BCUT2D eigenvalue weighted by Crippen LogP contribution is -2.00. The fourth-order valence-corrected chi connectivity index (χ4v) is 2.42. The van der Waals surface area contributed by atoms with Crippen molar-refractivity contribution < 1.29 is 19.7 Å². The number of epoxide rings is 1. The summed E-state index contributed by atoms with van der Waals surface area (Å²) in [5.74, 6) is -0.763. The lowest BCUT2D eigenvalue weighted by atomic mass is 10.1. The molecule has 136 valence electrons. The smallest absolute Gasteiger partial charge is 0.303 e. The van der Waals surface area contributed by atoms with E-state index in [1.807, 2.05) is 18.2 Å². The second-order valence-corrected chi connectivity index (χ2v) is 6.29. The number of carboxylic acids is 1. The van der Waals surface area contributed by atoms with Crippen LogP contribution in [0.1, 0.15) is 64.7 Å². The Labute approximate surface area is 145 Å². The van der Waals surface area contributed by atoms with Gasteiger partial charge in [0.25, 0.3) is 0 Å². The third-order valence-electron chi connectivity index (χ3n) is 3.96. The molecule has 1 heterocycles. The summed E-state index contributed by atoms with van der Waals surface area (Å²) in [6, 6.07) is 0. The minimum absolute atomic E-state index is 0.138. The fraction of sp³-hybridized carbons (Fsp3) is 0.650. The standard InChI is InChI=1S/C20H32O4/c1-2-3-4-5-6-10-13-18-19(24-18)16-15-17(21)12-9-7-8-11-14-20(22)23/h6-7,9-10,15-19,21H,2-5,8,11-14H2,1H3,(H,22,23)/b9-7-,10-6-,16-15+/t17?,18-,19+/m1/s1. The Balaban J connectivity index is 2.04. The minimum atomic E-state index is -0.763. The zero-order valence-electron chi connectivity index (χ0n) is 14.8. The fourth-order valence-electron chi connectivity index (χ4n) is 2.42. The number of carbonyl (C=O) groups is 1. The number of hydrogen-bond donors (Lipinski definition) is 2. The van der Waals surface area contributed by atoms with Gasteiger partial charge in [-0.15, -0.1) is 0 Å². The zero-order chi connectivity index (χ0) is 17.6. The van der Waals surface area contributed by atoms with Crippen molar-refractivity contribution in [1.82, 2.24) is 0 Å². The van der Waals surface area contributed by atoms with Gasteiger partial charge in [0.1, 0.15) is 6.10 Å². The largest absolute Gasteiger partial charge is 0.481 e. The topological polar surface area (TPSA) is 70.1 Å². The first kappa shape index (κ1) is 20.7. The highest BCUT2D eigenvalue weighted by Crippen LogP contribution is 2.27. The predicted molar refractivity (Wildman–Crippen MR) is 97.0 cm³/mol. The van der Waals surface area contributed by atoms with E-state index in [4.69, 9.17) is 9.84 Å².